The molecule has 2 saturated carbocycles. The fourth-order valence-electron chi connectivity index (χ4n) is 1.89. The Morgan fingerprint density at radius 2 is 1.70 bits per heavy atom. The molecule has 0 N–H and O–H groups in total. The molecule has 5 heteroatoms. The Balaban J connectivity index is 0.000000204. The Hall–Kier alpha value is -1.36. The summed E-state index contributed by atoms with van der Waals surface area (Å²) in [7, 11) is 4.43. The summed E-state index contributed by atoms with van der Waals surface area (Å²) in [5.74, 6) is 0.595. The van der Waals surface area contributed by atoms with Gasteiger partial charge in [0, 0.05) is 12.7 Å². The molecule has 2 aliphatic rings. The van der Waals surface area contributed by atoms with Crippen LogP contribution in [0.15, 0.2) is 12.2 Å². The van der Waals surface area contributed by atoms with E-state index in [1.807, 2.05) is 0 Å². The van der Waals surface area contributed by atoms with Gasteiger partial charge in [0.15, 0.2) is 0 Å². The average Bonchev–Trinajstić information content (AvgIpc) is 3.33. The second-order valence-corrected chi connectivity index (χ2v) is 5.18. The summed E-state index contributed by atoms with van der Waals surface area (Å²) in [6, 6.07) is 0. The van der Waals surface area contributed by atoms with Crippen molar-refractivity contribution in [3.8, 4) is 0 Å². The maximum Gasteiger partial charge on any atom is 0.333 e. The van der Waals surface area contributed by atoms with E-state index in [0.717, 1.165) is 12.8 Å². The van der Waals surface area contributed by atoms with Gasteiger partial charge in [0.1, 0.15) is 0 Å². The van der Waals surface area contributed by atoms with Crippen LogP contribution in [-0.2, 0) is 23.8 Å². The molecule has 0 aromatic heterocycles. The highest BCUT2D eigenvalue weighted by Gasteiger charge is 2.32. The minimum Gasteiger partial charge on any atom is -0.469 e. The summed E-state index contributed by atoms with van der Waals surface area (Å²) in [4.78, 5) is 21.5. The molecule has 0 bridgehead atoms. The molecule has 0 aromatic carbocycles. The molecule has 2 aliphatic carbocycles. The number of esters is 2. The van der Waals surface area contributed by atoms with Gasteiger partial charge in [-0.1, -0.05) is 6.58 Å². The number of carbonyl (C=O) groups is 2. The summed E-state index contributed by atoms with van der Waals surface area (Å²) >= 11 is 0. The van der Waals surface area contributed by atoms with Crippen molar-refractivity contribution in [2.45, 2.75) is 38.2 Å². The second kappa shape index (κ2) is 8.04. The van der Waals surface area contributed by atoms with E-state index in [4.69, 9.17) is 4.74 Å². The largest absolute Gasteiger partial charge is 0.469 e. The zero-order valence-corrected chi connectivity index (χ0v) is 12.5. The lowest BCUT2D eigenvalue weighted by Crippen LogP contribution is -2.18. The van der Waals surface area contributed by atoms with Gasteiger partial charge in [-0.15, -0.1) is 0 Å². The van der Waals surface area contributed by atoms with Crippen LogP contribution in [0, 0.1) is 11.8 Å². The Morgan fingerprint density at radius 1 is 1.10 bits per heavy atom. The Morgan fingerprint density at radius 3 is 2.05 bits per heavy atom. The van der Waals surface area contributed by atoms with Crippen LogP contribution in [-0.4, -0.2) is 39.4 Å². The lowest BCUT2D eigenvalue weighted by molar-refractivity contribution is -0.143. The third-order valence-electron chi connectivity index (χ3n) is 3.56. The summed E-state index contributed by atoms with van der Waals surface area (Å²) in [6.07, 6.45) is 5.08. The van der Waals surface area contributed by atoms with Crippen LogP contribution in [0.3, 0.4) is 0 Å². The van der Waals surface area contributed by atoms with E-state index in [9.17, 15) is 9.59 Å². The monoisotopic (exact) mass is 284 g/mol. The average molecular weight is 284 g/mol. The third-order valence-corrected chi connectivity index (χ3v) is 3.56. The van der Waals surface area contributed by atoms with Crippen LogP contribution in [0.25, 0.3) is 0 Å². The molecule has 1 atom stereocenters. The van der Waals surface area contributed by atoms with Crippen molar-refractivity contribution in [2.24, 2.45) is 11.8 Å². The van der Waals surface area contributed by atoms with Crippen molar-refractivity contribution < 1.29 is 23.8 Å². The molecule has 0 aromatic rings. The van der Waals surface area contributed by atoms with Crippen molar-refractivity contribution in [3.63, 3.8) is 0 Å². The number of ether oxygens (including phenoxy) is 3. The van der Waals surface area contributed by atoms with Crippen LogP contribution in [0.2, 0.25) is 0 Å². The first-order valence-electron chi connectivity index (χ1n) is 6.90. The third kappa shape index (κ3) is 5.74. The first kappa shape index (κ1) is 16.7. The summed E-state index contributed by atoms with van der Waals surface area (Å²) < 4.78 is 14.2. The SMILES string of the molecule is C=C(C(=O)OC)C1CC1.COC(=O)CC(OC)C1CC1. The maximum absolute atomic E-state index is 10.8. The first-order valence-corrected chi connectivity index (χ1v) is 6.90. The normalized spacial score (nSPS) is 18.4. The quantitative estimate of drug-likeness (QED) is 0.552. The number of methoxy groups -OCH3 is 3. The number of carbonyl (C=O) groups excluding carboxylic acids is 2. The molecule has 2 fully saturated rings. The van der Waals surface area contributed by atoms with E-state index in [-0.39, 0.29) is 18.0 Å². The van der Waals surface area contributed by atoms with E-state index in [0.29, 0.717) is 23.8 Å². The second-order valence-electron chi connectivity index (χ2n) is 5.18. The van der Waals surface area contributed by atoms with Crippen molar-refractivity contribution in [2.75, 3.05) is 21.3 Å². The number of hydrogen-bond acceptors (Lipinski definition) is 5. The van der Waals surface area contributed by atoms with E-state index in [2.05, 4.69) is 16.1 Å². The molecular formula is C15H24O5. The topological polar surface area (TPSA) is 61.8 Å². The Kier molecular flexibility index (Phi) is 6.71. The highest BCUT2D eigenvalue weighted by molar-refractivity contribution is 5.88. The fraction of sp³-hybridized carbons (Fsp3) is 0.733. The fourth-order valence-corrected chi connectivity index (χ4v) is 1.89. The molecule has 5 nitrogen and oxygen atoms in total. The predicted molar refractivity (Wildman–Crippen MR) is 74.0 cm³/mol. The van der Waals surface area contributed by atoms with Gasteiger partial charge < -0.3 is 14.2 Å². The molecule has 1 unspecified atom stereocenters. The molecule has 0 amide bonds. The molecule has 114 valence electrons. The van der Waals surface area contributed by atoms with Crippen LogP contribution >= 0.6 is 0 Å². The van der Waals surface area contributed by atoms with Crippen molar-refractivity contribution in [1.82, 2.24) is 0 Å². The minimum atomic E-state index is -0.252. The summed E-state index contributed by atoms with van der Waals surface area (Å²) in [6.45, 7) is 3.61. The van der Waals surface area contributed by atoms with Gasteiger partial charge in [0.2, 0.25) is 0 Å². The Labute approximate surface area is 120 Å². The first-order chi connectivity index (χ1) is 9.53. The lowest BCUT2D eigenvalue weighted by Gasteiger charge is -2.11. The minimum absolute atomic E-state index is 0.0856. The molecule has 0 saturated heterocycles. The molecule has 2 rings (SSSR count). The lowest BCUT2D eigenvalue weighted by atomic mass is 10.2. The standard InChI is InChI=1S/C8H14O3.C7H10O2/c1-10-7(6-3-4-6)5-8(9)11-2;1-5(6-3-4-6)7(8)9-2/h6-7H,3-5H2,1-2H3;6H,1,3-4H2,2H3. The summed E-state index contributed by atoms with van der Waals surface area (Å²) in [5, 5.41) is 0. The van der Waals surface area contributed by atoms with Gasteiger partial charge >= 0.3 is 11.9 Å². The molecule has 20 heavy (non-hydrogen) atoms. The van der Waals surface area contributed by atoms with Gasteiger partial charge in [-0.05, 0) is 37.5 Å². The highest BCUT2D eigenvalue weighted by Crippen LogP contribution is 2.36. The van der Waals surface area contributed by atoms with E-state index in [1.54, 1.807) is 7.11 Å². The smallest absolute Gasteiger partial charge is 0.333 e. The van der Waals surface area contributed by atoms with Crippen LogP contribution in [0.1, 0.15) is 32.1 Å². The maximum atomic E-state index is 10.8. The van der Waals surface area contributed by atoms with Crippen LogP contribution < -0.4 is 0 Å². The predicted octanol–water partition coefficient (Wildman–Crippen LogP) is 2.10. The van der Waals surface area contributed by atoms with Gasteiger partial charge in [0.25, 0.3) is 0 Å². The van der Waals surface area contributed by atoms with Crippen LogP contribution in [0.5, 0.6) is 0 Å². The summed E-state index contributed by atoms with van der Waals surface area (Å²) in [5.41, 5.74) is 0.637. The van der Waals surface area contributed by atoms with E-state index in [1.165, 1.54) is 27.1 Å². The molecular weight excluding hydrogens is 260 g/mol. The van der Waals surface area contributed by atoms with E-state index >= 15 is 0 Å². The van der Waals surface area contributed by atoms with Crippen molar-refractivity contribution in [3.05, 3.63) is 12.2 Å². The number of hydrogen-bond donors (Lipinski definition) is 0. The molecule has 0 heterocycles. The number of rotatable bonds is 6. The van der Waals surface area contributed by atoms with Gasteiger partial charge in [-0.3, -0.25) is 4.79 Å². The zero-order chi connectivity index (χ0) is 15.1. The van der Waals surface area contributed by atoms with Crippen LogP contribution in [0.4, 0.5) is 0 Å². The van der Waals surface area contributed by atoms with Crippen molar-refractivity contribution in [1.29, 1.82) is 0 Å². The molecule has 0 radical (unpaired) electrons. The van der Waals surface area contributed by atoms with Gasteiger partial charge in [-0.25, -0.2) is 4.79 Å². The van der Waals surface area contributed by atoms with Gasteiger partial charge in [-0.2, -0.15) is 0 Å². The highest BCUT2D eigenvalue weighted by atomic mass is 16.5. The van der Waals surface area contributed by atoms with Crippen molar-refractivity contribution >= 4 is 11.9 Å². The zero-order valence-electron chi connectivity index (χ0n) is 12.5. The van der Waals surface area contributed by atoms with E-state index < -0.39 is 0 Å². The van der Waals surface area contributed by atoms with Gasteiger partial charge in [0.05, 0.1) is 26.7 Å². The Bertz CT molecular complexity index is 355. The molecule has 0 spiro atoms. The molecule has 0 aliphatic heterocycles.